The molecular formula is C16H17ClN2O. The number of hydrogen-bond donors (Lipinski definition) is 1. The van der Waals surface area contributed by atoms with Gasteiger partial charge in [-0.25, -0.2) is 4.98 Å². The number of halogens is 1. The molecule has 0 fully saturated rings. The average Bonchev–Trinajstić information content (AvgIpc) is 2.70. The van der Waals surface area contributed by atoms with E-state index in [-0.39, 0.29) is 6.61 Å². The van der Waals surface area contributed by atoms with E-state index in [1.807, 2.05) is 12.1 Å². The highest BCUT2D eigenvalue weighted by molar-refractivity contribution is 6.31. The maximum absolute atomic E-state index is 9.33. The Labute approximate surface area is 123 Å². The molecule has 0 unspecified atom stereocenters. The number of para-hydroxylation sites is 1. The second kappa shape index (κ2) is 5.81. The maximum atomic E-state index is 9.33. The summed E-state index contributed by atoms with van der Waals surface area (Å²) in [6.07, 6.45) is 3.43. The summed E-state index contributed by atoms with van der Waals surface area (Å²) in [6.45, 7) is 0.804. The molecule has 1 aliphatic rings. The Morgan fingerprint density at radius 3 is 2.85 bits per heavy atom. The molecule has 0 saturated heterocycles. The van der Waals surface area contributed by atoms with E-state index in [1.165, 1.54) is 17.7 Å². The van der Waals surface area contributed by atoms with Gasteiger partial charge in [0.05, 0.1) is 17.3 Å². The number of aliphatic hydroxyl groups is 1. The molecule has 2 aromatic rings. The van der Waals surface area contributed by atoms with Crippen molar-refractivity contribution >= 4 is 23.1 Å². The van der Waals surface area contributed by atoms with Crippen LogP contribution < -0.4 is 4.90 Å². The molecule has 2 heterocycles. The Bertz CT molecular complexity index is 615. The molecule has 4 heteroatoms. The molecule has 0 radical (unpaired) electrons. The van der Waals surface area contributed by atoms with Gasteiger partial charge in [-0.2, -0.15) is 0 Å². The van der Waals surface area contributed by atoms with Gasteiger partial charge < -0.3 is 10.0 Å². The van der Waals surface area contributed by atoms with Gasteiger partial charge in [0.25, 0.3) is 0 Å². The van der Waals surface area contributed by atoms with E-state index in [2.05, 4.69) is 34.1 Å². The largest absolute Gasteiger partial charge is 0.390 e. The molecule has 0 atom stereocenters. The molecule has 1 aromatic heterocycles. The van der Waals surface area contributed by atoms with Crippen molar-refractivity contribution in [3.05, 3.63) is 52.7 Å². The van der Waals surface area contributed by atoms with Crippen LogP contribution in [0.25, 0.3) is 0 Å². The Morgan fingerprint density at radius 2 is 2.00 bits per heavy atom. The molecule has 0 saturated carbocycles. The van der Waals surface area contributed by atoms with Crippen LogP contribution in [0.5, 0.6) is 0 Å². The fraction of sp³-hybridized carbons (Fsp3) is 0.312. The minimum atomic E-state index is -0.137. The van der Waals surface area contributed by atoms with Crippen LogP contribution in [0.1, 0.15) is 24.1 Å². The van der Waals surface area contributed by atoms with Gasteiger partial charge >= 0.3 is 0 Å². The first kappa shape index (κ1) is 13.4. The molecule has 3 rings (SSSR count). The van der Waals surface area contributed by atoms with Gasteiger partial charge in [0.1, 0.15) is 5.82 Å². The minimum absolute atomic E-state index is 0.137. The van der Waals surface area contributed by atoms with Crippen LogP contribution in [0.15, 0.2) is 36.4 Å². The summed E-state index contributed by atoms with van der Waals surface area (Å²) in [7, 11) is 0. The number of aryl methyl sites for hydroxylation is 1. The van der Waals surface area contributed by atoms with E-state index in [0.717, 1.165) is 25.2 Å². The summed E-state index contributed by atoms with van der Waals surface area (Å²) in [5.74, 6) is 0.854. The first-order chi connectivity index (χ1) is 9.79. The Morgan fingerprint density at radius 1 is 1.15 bits per heavy atom. The quantitative estimate of drug-likeness (QED) is 0.915. The van der Waals surface area contributed by atoms with Crippen LogP contribution in [0.4, 0.5) is 11.5 Å². The lowest BCUT2D eigenvalue weighted by molar-refractivity contribution is 0.277. The summed E-state index contributed by atoms with van der Waals surface area (Å²) in [6, 6.07) is 12.2. The maximum Gasteiger partial charge on any atom is 0.133 e. The molecule has 0 aliphatic carbocycles. The van der Waals surface area contributed by atoms with E-state index in [0.29, 0.717) is 10.7 Å². The van der Waals surface area contributed by atoms with Gasteiger partial charge in [0.2, 0.25) is 0 Å². The molecule has 1 aliphatic heterocycles. The zero-order valence-corrected chi connectivity index (χ0v) is 12.0. The fourth-order valence-corrected chi connectivity index (χ4v) is 2.83. The molecule has 3 nitrogen and oxygen atoms in total. The zero-order chi connectivity index (χ0) is 13.9. The van der Waals surface area contributed by atoms with Crippen molar-refractivity contribution in [2.45, 2.75) is 25.9 Å². The summed E-state index contributed by atoms with van der Waals surface area (Å²) in [5, 5.41) is 9.84. The van der Waals surface area contributed by atoms with E-state index in [4.69, 9.17) is 11.6 Å². The van der Waals surface area contributed by atoms with Crippen LogP contribution in [0.2, 0.25) is 5.02 Å². The average molecular weight is 289 g/mol. The number of benzene rings is 1. The van der Waals surface area contributed by atoms with E-state index in [9.17, 15) is 5.11 Å². The lowest BCUT2D eigenvalue weighted by Crippen LogP contribution is -2.19. The lowest BCUT2D eigenvalue weighted by Gasteiger charge is -2.24. The zero-order valence-electron chi connectivity index (χ0n) is 11.2. The smallest absolute Gasteiger partial charge is 0.133 e. The minimum Gasteiger partial charge on any atom is -0.390 e. The van der Waals surface area contributed by atoms with Crippen LogP contribution in [-0.4, -0.2) is 16.6 Å². The van der Waals surface area contributed by atoms with Gasteiger partial charge in [-0.15, -0.1) is 0 Å². The molecule has 1 aromatic carbocycles. The van der Waals surface area contributed by atoms with Crippen LogP contribution in [0.3, 0.4) is 0 Å². The molecule has 20 heavy (non-hydrogen) atoms. The van der Waals surface area contributed by atoms with E-state index in [1.54, 1.807) is 0 Å². The molecule has 0 bridgehead atoms. The Balaban J connectivity index is 2.05. The summed E-state index contributed by atoms with van der Waals surface area (Å²) in [5.41, 5.74) is 3.10. The van der Waals surface area contributed by atoms with Gasteiger partial charge in [-0.1, -0.05) is 29.8 Å². The molecular weight excluding hydrogens is 272 g/mol. The van der Waals surface area contributed by atoms with Crippen LogP contribution in [-0.2, 0) is 13.0 Å². The van der Waals surface area contributed by atoms with Crippen molar-refractivity contribution in [2.75, 3.05) is 11.4 Å². The summed E-state index contributed by atoms with van der Waals surface area (Å²) >= 11 is 6.03. The Kier molecular flexibility index (Phi) is 3.90. The third kappa shape index (κ3) is 2.51. The van der Waals surface area contributed by atoms with Gasteiger partial charge in [0.15, 0.2) is 0 Å². The predicted octanol–water partition coefficient (Wildman–Crippen LogP) is 3.70. The van der Waals surface area contributed by atoms with E-state index >= 15 is 0 Å². The van der Waals surface area contributed by atoms with Crippen LogP contribution >= 0.6 is 11.6 Å². The highest BCUT2D eigenvalue weighted by Crippen LogP contribution is 2.32. The third-order valence-electron chi connectivity index (χ3n) is 3.69. The van der Waals surface area contributed by atoms with Gasteiger partial charge in [-0.05, 0) is 43.0 Å². The van der Waals surface area contributed by atoms with Crippen molar-refractivity contribution in [1.82, 2.24) is 4.98 Å². The van der Waals surface area contributed by atoms with Crippen LogP contribution in [0, 0.1) is 0 Å². The summed E-state index contributed by atoms with van der Waals surface area (Å²) in [4.78, 5) is 6.72. The number of fused-ring (bicyclic) bond motifs is 1. The number of hydrogen-bond acceptors (Lipinski definition) is 3. The molecule has 104 valence electrons. The summed E-state index contributed by atoms with van der Waals surface area (Å²) < 4.78 is 0. The monoisotopic (exact) mass is 288 g/mol. The number of rotatable bonds is 2. The van der Waals surface area contributed by atoms with E-state index < -0.39 is 0 Å². The fourth-order valence-electron chi connectivity index (χ4n) is 2.66. The van der Waals surface area contributed by atoms with Crippen molar-refractivity contribution in [1.29, 1.82) is 0 Å². The lowest BCUT2D eigenvalue weighted by atomic mass is 10.1. The van der Waals surface area contributed by atoms with Crippen molar-refractivity contribution < 1.29 is 5.11 Å². The highest BCUT2D eigenvalue weighted by Gasteiger charge is 2.18. The highest BCUT2D eigenvalue weighted by atomic mass is 35.5. The third-order valence-corrected chi connectivity index (χ3v) is 4.03. The van der Waals surface area contributed by atoms with Crippen molar-refractivity contribution in [3.8, 4) is 0 Å². The van der Waals surface area contributed by atoms with Gasteiger partial charge in [0, 0.05) is 12.2 Å². The van der Waals surface area contributed by atoms with Crippen molar-refractivity contribution in [3.63, 3.8) is 0 Å². The first-order valence-corrected chi connectivity index (χ1v) is 7.29. The number of aliphatic hydroxyl groups excluding tert-OH is 1. The Hall–Kier alpha value is -1.58. The molecule has 0 amide bonds. The topological polar surface area (TPSA) is 36.4 Å². The number of pyridine rings is 1. The number of nitrogens with zero attached hydrogens (tertiary/aromatic N) is 2. The second-order valence-corrected chi connectivity index (χ2v) is 5.40. The number of anilines is 2. The molecule has 1 N–H and O–H groups in total. The van der Waals surface area contributed by atoms with Crippen molar-refractivity contribution in [2.24, 2.45) is 0 Å². The molecule has 0 spiro atoms. The normalized spacial score (nSPS) is 14.8. The van der Waals surface area contributed by atoms with Gasteiger partial charge in [-0.3, -0.25) is 0 Å². The standard InChI is InChI=1S/C16H17ClN2O/c17-13-8-9-16(18-14(13)11-20)19-10-4-3-6-12-5-1-2-7-15(12)19/h1-2,5,7-9,20H,3-4,6,10-11H2. The number of aromatic nitrogens is 1. The first-order valence-electron chi connectivity index (χ1n) is 6.91. The predicted molar refractivity (Wildman–Crippen MR) is 81.6 cm³/mol. The SMILES string of the molecule is OCc1nc(N2CCCCc3ccccc32)ccc1Cl. The second-order valence-electron chi connectivity index (χ2n) is 4.99.